The highest BCUT2D eigenvalue weighted by Gasteiger charge is 2.15. The van der Waals surface area contributed by atoms with Crippen molar-refractivity contribution in [2.24, 2.45) is 5.10 Å². The zero-order chi connectivity index (χ0) is 17.0. The summed E-state index contributed by atoms with van der Waals surface area (Å²) in [6, 6.07) is 11.9. The summed E-state index contributed by atoms with van der Waals surface area (Å²) in [5.74, 6) is 0.822. The number of benzene rings is 2. The third-order valence-corrected chi connectivity index (χ3v) is 3.18. The van der Waals surface area contributed by atoms with Crippen molar-refractivity contribution in [1.82, 2.24) is 5.43 Å². The number of hydrazone groups is 1. The van der Waals surface area contributed by atoms with Crippen molar-refractivity contribution in [3.8, 4) is 5.75 Å². The van der Waals surface area contributed by atoms with E-state index in [-0.39, 0.29) is 0 Å². The Kier molecular flexibility index (Phi) is 4.89. The molecule has 5 heteroatoms. The van der Waals surface area contributed by atoms with E-state index in [1.807, 2.05) is 43.3 Å². The number of carbonyl (C=O) groups is 1. The minimum absolute atomic E-state index is 0.546. The van der Waals surface area contributed by atoms with Gasteiger partial charge in [-0.2, -0.15) is 5.10 Å². The molecule has 1 amide bonds. The Hall–Kier alpha value is -2.56. The highest BCUT2D eigenvalue weighted by molar-refractivity contribution is 6.02. The van der Waals surface area contributed by atoms with Crippen LogP contribution in [-0.4, -0.2) is 24.5 Å². The first-order chi connectivity index (χ1) is 10.8. The largest absolute Gasteiger partial charge is 0.497 e. The van der Waals surface area contributed by atoms with E-state index in [9.17, 15) is 4.79 Å². The first-order valence-corrected chi connectivity index (χ1v) is 7.40. The van der Waals surface area contributed by atoms with Crippen LogP contribution in [0.2, 0.25) is 0 Å². The van der Waals surface area contributed by atoms with E-state index in [4.69, 9.17) is 9.47 Å². The Labute approximate surface area is 136 Å². The Morgan fingerprint density at radius 1 is 1.09 bits per heavy atom. The van der Waals surface area contributed by atoms with E-state index < -0.39 is 11.7 Å². The summed E-state index contributed by atoms with van der Waals surface area (Å²) < 4.78 is 10.4. The van der Waals surface area contributed by atoms with Gasteiger partial charge in [0.1, 0.15) is 11.4 Å². The summed E-state index contributed by atoms with van der Waals surface area (Å²) in [6.07, 6.45) is -0.567. The van der Waals surface area contributed by atoms with Crippen molar-refractivity contribution in [2.45, 2.75) is 33.3 Å². The van der Waals surface area contributed by atoms with Crippen LogP contribution in [0.15, 0.2) is 41.5 Å². The molecular weight excluding hydrogens is 292 g/mol. The van der Waals surface area contributed by atoms with Crippen LogP contribution >= 0.6 is 0 Å². The van der Waals surface area contributed by atoms with Gasteiger partial charge in [0.2, 0.25) is 0 Å². The smallest absolute Gasteiger partial charge is 0.428 e. The summed E-state index contributed by atoms with van der Waals surface area (Å²) >= 11 is 0. The SMILES string of the molecule is COc1ccc2cc(/C(C)=N/NC(=O)OC(C)(C)C)ccc2c1. The quantitative estimate of drug-likeness (QED) is 0.685. The number of nitrogens with zero attached hydrogens (tertiary/aromatic N) is 1. The number of amides is 1. The maximum atomic E-state index is 11.6. The van der Waals surface area contributed by atoms with Gasteiger partial charge >= 0.3 is 6.09 Å². The predicted molar refractivity (Wildman–Crippen MR) is 92.1 cm³/mol. The predicted octanol–water partition coefficient (Wildman–Crippen LogP) is 4.10. The van der Waals surface area contributed by atoms with Crippen LogP contribution in [0, 0.1) is 0 Å². The lowest BCUT2D eigenvalue weighted by Gasteiger charge is -2.18. The molecule has 23 heavy (non-hydrogen) atoms. The lowest BCUT2D eigenvalue weighted by molar-refractivity contribution is 0.0529. The third-order valence-electron chi connectivity index (χ3n) is 3.18. The molecule has 0 atom stereocenters. The second-order valence-corrected chi connectivity index (χ2v) is 6.24. The van der Waals surface area contributed by atoms with Gasteiger partial charge in [-0.3, -0.25) is 0 Å². The fourth-order valence-electron chi connectivity index (χ4n) is 2.07. The van der Waals surface area contributed by atoms with Gasteiger partial charge in [0.15, 0.2) is 0 Å². The fourth-order valence-corrected chi connectivity index (χ4v) is 2.07. The maximum Gasteiger partial charge on any atom is 0.428 e. The first kappa shape index (κ1) is 16.8. The highest BCUT2D eigenvalue weighted by atomic mass is 16.6. The number of methoxy groups -OCH3 is 1. The summed E-state index contributed by atoms with van der Waals surface area (Å²) in [5.41, 5.74) is 3.50. The van der Waals surface area contributed by atoms with Crippen molar-refractivity contribution >= 4 is 22.6 Å². The number of carbonyl (C=O) groups excluding carboxylic acids is 1. The molecule has 0 spiro atoms. The van der Waals surface area contributed by atoms with Crippen LogP contribution in [-0.2, 0) is 4.74 Å². The molecule has 0 saturated heterocycles. The fraction of sp³-hybridized carbons (Fsp3) is 0.333. The highest BCUT2D eigenvalue weighted by Crippen LogP contribution is 2.22. The topological polar surface area (TPSA) is 59.9 Å². The molecule has 2 aromatic rings. The summed E-state index contributed by atoms with van der Waals surface area (Å²) in [7, 11) is 1.65. The molecule has 2 aromatic carbocycles. The lowest BCUT2D eigenvalue weighted by atomic mass is 10.0. The average molecular weight is 314 g/mol. The van der Waals surface area contributed by atoms with E-state index in [0.717, 1.165) is 22.1 Å². The second kappa shape index (κ2) is 6.69. The number of nitrogens with one attached hydrogen (secondary N) is 1. The van der Waals surface area contributed by atoms with Crippen molar-refractivity contribution < 1.29 is 14.3 Å². The molecule has 0 aliphatic rings. The molecule has 122 valence electrons. The Bertz CT molecular complexity index is 746. The normalized spacial score (nSPS) is 12.1. The Morgan fingerprint density at radius 2 is 1.74 bits per heavy atom. The maximum absolute atomic E-state index is 11.6. The molecule has 0 fully saturated rings. The summed E-state index contributed by atoms with van der Waals surface area (Å²) in [4.78, 5) is 11.6. The van der Waals surface area contributed by atoms with Crippen LogP contribution in [0.5, 0.6) is 5.75 Å². The van der Waals surface area contributed by atoms with E-state index in [1.54, 1.807) is 27.9 Å². The number of fused-ring (bicyclic) bond motifs is 1. The van der Waals surface area contributed by atoms with Gasteiger partial charge in [-0.15, -0.1) is 0 Å². The van der Waals surface area contributed by atoms with Gasteiger partial charge in [-0.1, -0.05) is 18.2 Å². The van der Waals surface area contributed by atoms with Gasteiger partial charge in [0.25, 0.3) is 0 Å². The van der Waals surface area contributed by atoms with E-state index in [1.165, 1.54) is 0 Å². The molecule has 0 bridgehead atoms. The Morgan fingerprint density at radius 3 is 2.39 bits per heavy atom. The summed E-state index contributed by atoms with van der Waals surface area (Å²) in [5, 5.41) is 6.25. The third kappa shape index (κ3) is 4.71. The number of hydrogen-bond acceptors (Lipinski definition) is 4. The average Bonchev–Trinajstić information content (AvgIpc) is 2.49. The van der Waals surface area contributed by atoms with Crippen LogP contribution in [0.4, 0.5) is 4.79 Å². The van der Waals surface area contributed by atoms with Gasteiger partial charge in [-0.05, 0) is 62.2 Å². The molecule has 0 heterocycles. The minimum Gasteiger partial charge on any atom is -0.497 e. The molecule has 2 rings (SSSR count). The van der Waals surface area contributed by atoms with Crippen molar-refractivity contribution in [1.29, 1.82) is 0 Å². The van der Waals surface area contributed by atoms with Crippen molar-refractivity contribution in [3.63, 3.8) is 0 Å². The standard InChI is InChI=1S/C18H22N2O3/c1-12(19-20-17(21)23-18(2,3)4)13-6-7-15-11-16(22-5)9-8-14(15)10-13/h6-11H,1-5H3,(H,20,21)/b19-12+. The second-order valence-electron chi connectivity index (χ2n) is 6.24. The van der Waals surface area contributed by atoms with E-state index in [0.29, 0.717) is 5.71 Å². The number of hydrogen-bond donors (Lipinski definition) is 1. The molecule has 0 aromatic heterocycles. The first-order valence-electron chi connectivity index (χ1n) is 7.40. The summed E-state index contributed by atoms with van der Waals surface area (Å²) in [6.45, 7) is 7.25. The van der Waals surface area contributed by atoms with Crippen LogP contribution < -0.4 is 10.2 Å². The monoisotopic (exact) mass is 314 g/mol. The molecule has 0 aliphatic carbocycles. The van der Waals surface area contributed by atoms with E-state index in [2.05, 4.69) is 10.5 Å². The van der Waals surface area contributed by atoms with Crippen LogP contribution in [0.25, 0.3) is 10.8 Å². The zero-order valence-electron chi connectivity index (χ0n) is 14.1. The molecule has 0 aliphatic heterocycles. The van der Waals surface area contributed by atoms with Crippen molar-refractivity contribution in [2.75, 3.05) is 7.11 Å². The molecule has 1 N–H and O–H groups in total. The van der Waals surface area contributed by atoms with Gasteiger partial charge in [-0.25, -0.2) is 10.2 Å². The van der Waals surface area contributed by atoms with E-state index >= 15 is 0 Å². The molecule has 0 saturated carbocycles. The van der Waals surface area contributed by atoms with Crippen molar-refractivity contribution in [3.05, 3.63) is 42.0 Å². The van der Waals surface area contributed by atoms with Gasteiger partial charge in [0, 0.05) is 0 Å². The molecule has 0 unspecified atom stereocenters. The van der Waals surface area contributed by atoms with Gasteiger partial charge < -0.3 is 9.47 Å². The molecular formula is C18H22N2O3. The lowest BCUT2D eigenvalue weighted by Crippen LogP contribution is -2.30. The van der Waals surface area contributed by atoms with Crippen LogP contribution in [0.1, 0.15) is 33.3 Å². The molecule has 5 nitrogen and oxygen atoms in total. The zero-order valence-corrected chi connectivity index (χ0v) is 14.1. The number of rotatable bonds is 3. The minimum atomic E-state index is -0.567. The Balaban J connectivity index is 2.15. The van der Waals surface area contributed by atoms with Crippen LogP contribution in [0.3, 0.4) is 0 Å². The molecule has 0 radical (unpaired) electrons. The number of ether oxygens (including phenoxy) is 2. The van der Waals surface area contributed by atoms with Gasteiger partial charge in [0.05, 0.1) is 12.8 Å².